The molecule has 1 aliphatic heterocycles. The van der Waals surface area contributed by atoms with Gasteiger partial charge in [0, 0.05) is 40.8 Å². The molecule has 0 unspecified atom stereocenters. The van der Waals surface area contributed by atoms with Gasteiger partial charge >= 0.3 is 0 Å². The zero-order chi connectivity index (χ0) is 13.0. The highest BCUT2D eigenvalue weighted by Gasteiger charge is 2.18. The van der Waals surface area contributed by atoms with Crippen molar-refractivity contribution in [1.29, 1.82) is 0 Å². The van der Waals surface area contributed by atoms with Gasteiger partial charge in [0.2, 0.25) is 0 Å². The maximum atomic E-state index is 11.3. The van der Waals surface area contributed by atoms with Crippen LogP contribution in [0.15, 0.2) is 6.07 Å². The Morgan fingerprint density at radius 3 is 2.83 bits per heavy atom. The number of nitrogens with one attached hydrogen (secondary N) is 1. The maximum absolute atomic E-state index is 11.3. The van der Waals surface area contributed by atoms with E-state index in [0.717, 1.165) is 48.8 Å². The molecular formula is C12H18ClN3OS. The monoisotopic (exact) mass is 287 g/mol. The molecule has 1 fully saturated rings. The quantitative estimate of drug-likeness (QED) is 0.864. The molecule has 1 N–H and O–H groups in total. The number of halogens is 1. The number of hydrogen-bond acceptors (Lipinski definition) is 4. The van der Waals surface area contributed by atoms with Gasteiger partial charge in [-0.15, -0.1) is 0 Å². The molecule has 100 valence electrons. The van der Waals surface area contributed by atoms with Crippen LogP contribution in [0.1, 0.15) is 32.0 Å². The number of aromatic nitrogens is 2. The number of nitrogens with zero attached hydrogens (tertiary/aromatic N) is 2. The average Bonchev–Trinajstić information content (AvgIpc) is 2.32. The maximum Gasteiger partial charge on any atom is 0.134 e. The fourth-order valence-corrected chi connectivity index (χ4v) is 3.52. The zero-order valence-corrected chi connectivity index (χ0v) is 12.1. The lowest BCUT2D eigenvalue weighted by molar-refractivity contribution is 0.622. The van der Waals surface area contributed by atoms with Gasteiger partial charge in [0.1, 0.15) is 16.8 Å². The van der Waals surface area contributed by atoms with Gasteiger partial charge in [-0.2, -0.15) is 0 Å². The molecule has 1 saturated heterocycles. The van der Waals surface area contributed by atoms with Crippen LogP contribution in [0.4, 0.5) is 5.82 Å². The third-order valence-electron chi connectivity index (χ3n) is 2.95. The van der Waals surface area contributed by atoms with Crippen LogP contribution in [-0.4, -0.2) is 31.7 Å². The summed E-state index contributed by atoms with van der Waals surface area (Å²) in [5, 5.41) is 3.85. The van der Waals surface area contributed by atoms with E-state index in [-0.39, 0.29) is 0 Å². The van der Waals surface area contributed by atoms with Crippen LogP contribution in [0.5, 0.6) is 0 Å². The second-order valence-corrected chi connectivity index (χ2v) is 6.59. The first-order valence-electron chi connectivity index (χ1n) is 6.32. The lowest BCUT2D eigenvalue weighted by Crippen LogP contribution is -2.29. The van der Waals surface area contributed by atoms with Gasteiger partial charge in [-0.25, -0.2) is 9.97 Å². The Hall–Kier alpha value is -0.680. The molecule has 0 bridgehead atoms. The van der Waals surface area contributed by atoms with E-state index < -0.39 is 10.8 Å². The summed E-state index contributed by atoms with van der Waals surface area (Å²) < 4.78 is 11.3. The fraction of sp³-hybridized carbons (Fsp3) is 0.667. The summed E-state index contributed by atoms with van der Waals surface area (Å²) in [7, 11) is -0.630. The molecule has 4 nitrogen and oxygen atoms in total. The molecule has 0 spiro atoms. The minimum atomic E-state index is -0.630. The van der Waals surface area contributed by atoms with Gasteiger partial charge in [0.25, 0.3) is 0 Å². The Morgan fingerprint density at radius 1 is 1.44 bits per heavy atom. The molecule has 18 heavy (non-hydrogen) atoms. The summed E-state index contributed by atoms with van der Waals surface area (Å²) in [6.07, 6.45) is 3.70. The molecular weight excluding hydrogens is 270 g/mol. The first kappa shape index (κ1) is 13.7. The molecule has 0 aromatic carbocycles. The molecule has 0 radical (unpaired) electrons. The van der Waals surface area contributed by atoms with Crippen molar-refractivity contribution in [3.63, 3.8) is 0 Å². The Labute approximate surface area is 115 Å². The highest BCUT2D eigenvalue weighted by atomic mass is 35.5. The Kier molecular flexibility index (Phi) is 4.95. The van der Waals surface area contributed by atoms with Crippen molar-refractivity contribution in [2.75, 3.05) is 16.8 Å². The van der Waals surface area contributed by atoms with E-state index in [4.69, 9.17) is 11.6 Å². The van der Waals surface area contributed by atoms with Crippen LogP contribution in [-0.2, 0) is 17.2 Å². The zero-order valence-electron chi connectivity index (χ0n) is 10.5. The molecule has 1 aliphatic rings. The molecule has 6 heteroatoms. The van der Waals surface area contributed by atoms with Gasteiger partial charge in [0.05, 0.1) is 0 Å². The highest BCUT2D eigenvalue weighted by Crippen LogP contribution is 2.17. The van der Waals surface area contributed by atoms with Gasteiger partial charge in [-0.1, -0.05) is 18.5 Å². The third kappa shape index (κ3) is 3.92. The van der Waals surface area contributed by atoms with E-state index in [1.54, 1.807) is 6.07 Å². The summed E-state index contributed by atoms with van der Waals surface area (Å²) in [5.74, 6) is 3.12. The number of rotatable bonds is 4. The van der Waals surface area contributed by atoms with Gasteiger partial charge in [0.15, 0.2) is 0 Å². The van der Waals surface area contributed by atoms with Crippen molar-refractivity contribution in [3.8, 4) is 0 Å². The topological polar surface area (TPSA) is 54.9 Å². The Morgan fingerprint density at radius 2 is 2.17 bits per heavy atom. The summed E-state index contributed by atoms with van der Waals surface area (Å²) in [6.45, 7) is 2.09. The standard InChI is InChI=1S/C12H18ClN3OS/c1-2-3-11-15-10(13)8-12(16-11)14-9-4-6-18(17)7-5-9/h8-9H,2-7H2,1H3,(H,14,15,16). The van der Waals surface area contributed by atoms with E-state index in [1.807, 2.05) is 0 Å². The smallest absolute Gasteiger partial charge is 0.134 e. The molecule has 0 atom stereocenters. The van der Waals surface area contributed by atoms with Crippen molar-refractivity contribution in [2.24, 2.45) is 0 Å². The molecule has 2 heterocycles. The molecule has 2 rings (SSSR count). The second-order valence-electron chi connectivity index (χ2n) is 4.51. The summed E-state index contributed by atoms with van der Waals surface area (Å²) in [4.78, 5) is 8.65. The first-order chi connectivity index (χ1) is 8.67. The van der Waals surface area contributed by atoms with E-state index >= 15 is 0 Å². The van der Waals surface area contributed by atoms with Crippen molar-refractivity contribution in [1.82, 2.24) is 9.97 Å². The second kappa shape index (κ2) is 6.48. The predicted molar refractivity (Wildman–Crippen MR) is 75.6 cm³/mol. The first-order valence-corrected chi connectivity index (χ1v) is 8.19. The third-order valence-corrected chi connectivity index (χ3v) is 4.53. The molecule has 1 aromatic rings. The van der Waals surface area contributed by atoms with Crippen LogP contribution < -0.4 is 5.32 Å². The predicted octanol–water partition coefficient (Wildman–Crippen LogP) is 2.41. The lowest BCUT2D eigenvalue weighted by Gasteiger charge is -2.23. The average molecular weight is 288 g/mol. The van der Waals surface area contributed by atoms with E-state index in [9.17, 15) is 4.21 Å². The van der Waals surface area contributed by atoms with Crippen LogP contribution >= 0.6 is 11.6 Å². The normalized spacial score (nSPS) is 23.9. The summed E-state index contributed by atoms with van der Waals surface area (Å²) in [5.41, 5.74) is 0. The molecule has 0 amide bonds. The van der Waals surface area contributed by atoms with E-state index in [2.05, 4.69) is 22.2 Å². The Balaban J connectivity index is 2.02. The summed E-state index contributed by atoms with van der Waals surface area (Å²) >= 11 is 5.99. The van der Waals surface area contributed by atoms with Crippen molar-refractivity contribution in [2.45, 2.75) is 38.6 Å². The lowest BCUT2D eigenvalue weighted by atomic mass is 10.1. The minimum absolute atomic E-state index is 0.350. The van der Waals surface area contributed by atoms with Gasteiger partial charge < -0.3 is 5.32 Å². The van der Waals surface area contributed by atoms with Gasteiger partial charge in [-0.3, -0.25) is 4.21 Å². The van der Waals surface area contributed by atoms with Crippen LogP contribution in [0.25, 0.3) is 0 Å². The minimum Gasteiger partial charge on any atom is -0.367 e. The van der Waals surface area contributed by atoms with Gasteiger partial charge in [-0.05, 0) is 19.3 Å². The molecule has 1 aromatic heterocycles. The van der Waals surface area contributed by atoms with Crippen LogP contribution in [0, 0.1) is 0 Å². The van der Waals surface area contributed by atoms with E-state index in [1.165, 1.54) is 0 Å². The van der Waals surface area contributed by atoms with Crippen molar-refractivity contribution < 1.29 is 4.21 Å². The fourth-order valence-electron chi connectivity index (χ4n) is 2.02. The van der Waals surface area contributed by atoms with Crippen molar-refractivity contribution >= 4 is 28.2 Å². The largest absolute Gasteiger partial charge is 0.367 e. The Bertz CT molecular complexity index is 431. The van der Waals surface area contributed by atoms with Crippen LogP contribution in [0.2, 0.25) is 5.15 Å². The summed E-state index contributed by atoms with van der Waals surface area (Å²) in [6, 6.07) is 2.11. The SMILES string of the molecule is CCCc1nc(Cl)cc(NC2CCS(=O)CC2)n1. The van der Waals surface area contributed by atoms with Crippen molar-refractivity contribution in [3.05, 3.63) is 17.0 Å². The molecule has 0 aliphatic carbocycles. The number of anilines is 1. The molecule has 0 saturated carbocycles. The highest BCUT2D eigenvalue weighted by molar-refractivity contribution is 7.85. The van der Waals surface area contributed by atoms with Crippen LogP contribution in [0.3, 0.4) is 0 Å². The number of hydrogen-bond donors (Lipinski definition) is 1. The number of aryl methyl sites for hydroxylation is 1. The van der Waals surface area contributed by atoms with E-state index in [0.29, 0.717) is 11.2 Å².